The van der Waals surface area contributed by atoms with E-state index >= 15 is 0 Å². The Labute approximate surface area is 215 Å². The van der Waals surface area contributed by atoms with Crippen LogP contribution in [0.2, 0.25) is 0 Å². The van der Waals surface area contributed by atoms with E-state index in [1.165, 1.54) is 29.5 Å². The summed E-state index contributed by atoms with van der Waals surface area (Å²) < 4.78 is 1.84. The van der Waals surface area contributed by atoms with Crippen molar-refractivity contribution >= 4 is 28.5 Å². The van der Waals surface area contributed by atoms with Gasteiger partial charge < -0.3 is 10.2 Å². The molecule has 1 unspecified atom stereocenters. The van der Waals surface area contributed by atoms with Gasteiger partial charge in [-0.1, -0.05) is 51.1 Å². The molecule has 1 saturated heterocycles. The molecule has 1 aliphatic heterocycles. The van der Waals surface area contributed by atoms with Gasteiger partial charge in [0.05, 0.1) is 11.4 Å². The van der Waals surface area contributed by atoms with Gasteiger partial charge in [0.15, 0.2) is 5.65 Å². The number of fused-ring (bicyclic) bond motifs is 1. The van der Waals surface area contributed by atoms with Crippen LogP contribution in [0.15, 0.2) is 60.9 Å². The van der Waals surface area contributed by atoms with Crippen LogP contribution in [0.4, 0.5) is 17.3 Å². The van der Waals surface area contributed by atoms with Crippen molar-refractivity contribution in [2.45, 2.75) is 66.8 Å². The largest absolute Gasteiger partial charge is 0.354 e. The minimum absolute atomic E-state index is 0.523. The number of hydrogen-bond donors (Lipinski definition) is 1. The summed E-state index contributed by atoms with van der Waals surface area (Å²) in [6, 6.07) is 15.2. The number of aromatic nitrogens is 4. The molecule has 3 aromatic heterocycles. The Balaban J connectivity index is 0.00000148. The maximum Gasteiger partial charge on any atom is 0.177 e. The van der Waals surface area contributed by atoms with E-state index in [4.69, 9.17) is 10.1 Å². The zero-order chi connectivity index (χ0) is 25.7. The third kappa shape index (κ3) is 5.13. The highest BCUT2D eigenvalue weighted by Crippen LogP contribution is 2.32. The van der Waals surface area contributed by atoms with Crippen molar-refractivity contribution in [1.29, 1.82) is 0 Å². The fourth-order valence-electron chi connectivity index (χ4n) is 4.96. The molecule has 6 nitrogen and oxygen atoms in total. The minimum Gasteiger partial charge on any atom is -0.354 e. The molecule has 0 saturated carbocycles. The van der Waals surface area contributed by atoms with E-state index in [0.29, 0.717) is 6.04 Å². The second-order valence-electron chi connectivity index (χ2n) is 9.10. The van der Waals surface area contributed by atoms with Crippen molar-refractivity contribution in [2.75, 3.05) is 16.8 Å². The summed E-state index contributed by atoms with van der Waals surface area (Å²) in [5.74, 6) is 1.83. The lowest BCUT2D eigenvalue weighted by molar-refractivity contribution is 0.727. The lowest BCUT2D eigenvalue weighted by Crippen LogP contribution is -2.27. The first-order valence-corrected chi connectivity index (χ1v) is 13.2. The maximum atomic E-state index is 4.92. The number of nitrogens with zero attached hydrogens (tertiary/aromatic N) is 5. The van der Waals surface area contributed by atoms with Gasteiger partial charge in [-0.15, -0.1) is 0 Å². The number of benzene rings is 1. The molecular formula is C30H38N6. The van der Waals surface area contributed by atoms with Crippen LogP contribution in [0.3, 0.4) is 0 Å². The van der Waals surface area contributed by atoms with Crippen LogP contribution >= 0.6 is 0 Å². The van der Waals surface area contributed by atoms with Gasteiger partial charge in [0.1, 0.15) is 11.6 Å². The quantitative estimate of drug-likeness (QED) is 0.305. The van der Waals surface area contributed by atoms with E-state index < -0.39 is 0 Å². The van der Waals surface area contributed by atoms with Crippen molar-refractivity contribution in [3.8, 4) is 11.3 Å². The average Bonchev–Trinajstić information content (AvgIpc) is 3.55. The van der Waals surface area contributed by atoms with E-state index in [2.05, 4.69) is 85.4 Å². The third-order valence-corrected chi connectivity index (χ3v) is 6.75. The van der Waals surface area contributed by atoms with Crippen molar-refractivity contribution in [2.24, 2.45) is 0 Å². The second kappa shape index (κ2) is 11.4. The summed E-state index contributed by atoms with van der Waals surface area (Å²) in [5.41, 5.74) is 7.47. The SMILES string of the molecule is CC.CC/C=C(/C)c1cccc(-c2cc(Nc3cccc(N4CCCC4C)n3)c3nccn3n2)c1C. The molecule has 0 spiro atoms. The van der Waals surface area contributed by atoms with Crippen LogP contribution < -0.4 is 10.2 Å². The zero-order valence-electron chi connectivity index (χ0n) is 22.4. The highest BCUT2D eigenvalue weighted by molar-refractivity contribution is 5.80. The van der Waals surface area contributed by atoms with Crippen LogP contribution in [0.5, 0.6) is 0 Å². The van der Waals surface area contributed by atoms with Crippen LogP contribution in [0.25, 0.3) is 22.5 Å². The van der Waals surface area contributed by atoms with Crippen molar-refractivity contribution in [1.82, 2.24) is 19.6 Å². The normalized spacial score (nSPS) is 15.7. The Morgan fingerprint density at radius 1 is 1.17 bits per heavy atom. The maximum absolute atomic E-state index is 4.92. The number of allylic oxidation sites excluding steroid dienone is 2. The Morgan fingerprint density at radius 3 is 2.72 bits per heavy atom. The van der Waals surface area contributed by atoms with Crippen LogP contribution in [0, 0.1) is 6.92 Å². The standard InChI is InChI=1S/C28H32N6.C2H6/c1-5-9-19(2)22-11-6-12-23(21(22)4)24-18-25(28-29-15-17-34(28)32-24)30-26-13-7-14-27(31-26)33-16-8-10-20(33)3;1-2/h6-7,9,11-15,17-18,20H,5,8,10,16H2,1-4H3,(H,30,31);1-2H3/b19-9-;. The number of nitrogens with one attached hydrogen (secondary N) is 1. The zero-order valence-corrected chi connectivity index (χ0v) is 22.4. The monoisotopic (exact) mass is 482 g/mol. The van der Waals surface area contributed by atoms with E-state index in [9.17, 15) is 0 Å². The molecule has 0 bridgehead atoms. The first kappa shape index (κ1) is 25.4. The fourth-order valence-corrected chi connectivity index (χ4v) is 4.96. The Hall–Kier alpha value is -3.67. The van der Waals surface area contributed by atoms with Crippen molar-refractivity contribution < 1.29 is 0 Å². The molecule has 1 aliphatic rings. The highest BCUT2D eigenvalue weighted by Gasteiger charge is 2.22. The van der Waals surface area contributed by atoms with E-state index in [1.807, 2.05) is 30.6 Å². The molecule has 0 aliphatic carbocycles. The van der Waals surface area contributed by atoms with Crippen LogP contribution in [-0.4, -0.2) is 32.2 Å². The summed E-state index contributed by atoms with van der Waals surface area (Å²) in [7, 11) is 0. The fraction of sp³-hybridized carbons (Fsp3) is 0.367. The first-order valence-electron chi connectivity index (χ1n) is 13.2. The van der Waals surface area contributed by atoms with Gasteiger partial charge in [0.25, 0.3) is 0 Å². The number of anilines is 3. The number of pyridine rings is 1. The van der Waals surface area contributed by atoms with Crippen molar-refractivity contribution in [3.05, 3.63) is 72.1 Å². The molecule has 1 atom stereocenters. The molecule has 4 heterocycles. The molecule has 0 amide bonds. The molecule has 0 radical (unpaired) electrons. The first-order chi connectivity index (χ1) is 17.5. The lowest BCUT2D eigenvalue weighted by atomic mass is 9.95. The topological polar surface area (TPSA) is 58.3 Å². The molecule has 6 heteroatoms. The minimum atomic E-state index is 0.523. The molecular weight excluding hydrogens is 444 g/mol. The van der Waals surface area contributed by atoms with Gasteiger partial charge >= 0.3 is 0 Å². The Morgan fingerprint density at radius 2 is 1.97 bits per heavy atom. The van der Waals surface area contributed by atoms with E-state index in [-0.39, 0.29) is 0 Å². The molecule has 4 aromatic rings. The van der Waals surface area contributed by atoms with Crippen LogP contribution in [-0.2, 0) is 0 Å². The highest BCUT2D eigenvalue weighted by atomic mass is 15.3. The molecule has 1 aromatic carbocycles. The van der Waals surface area contributed by atoms with Gasteiger partial charge in [-0.3, -0.25) is 0 Å². The smallest absolute Gasteiger partial charge is 0.177 e. The number of rotatable bonds is 6. The summed E-state index contributed by atoms with van der Waals surface area (Å²) in [5, 5.41) is 8.40. The van der Waals surface area contributed by atoms with Gasteiger partial charge in [0, 0.05) is 30.5 Å². The molecule has 5 rings (SSSR count). The van der Waals surface area contributed by atoms with Crippen LogP contribution in [0.1, 0.15) is 65.0 Å². The summed E-state index contributed by atoms with van der Waals surface area (Å²) in [6.07, 6.45) is 9.39. The molecule has 1 fully saturated rings. The average molecular weight is 483 g/mol. The van der Waals surface area contributed by atoms with Gasteiger partial charge in [-0.05, 0) is 74.9 Å². The summed E-state index contributed by atoms with van der Waals surface area (Å²) in [6.45, 7) is 13.8. The number of imidazole rings is 1. The lowest BCUT2D eigenvalue weighted by Gasteiger charge is -2.23. The summed E-state index contributed by atoms with van der Waals surface area (Å²) in [4.78, 5) is 11.8. The Kier molecular flexibility index (Phi) is 8.04. The predicted octanol–water partition coefficient (Wildman–Crippen LogP) is 7.67. The number of hydrogen-bond acceptors (Lipinski definition) is 5. The molecule has 188 valence electrons. The molecule has 36 heavy (non-hydrogen) atoms. The molecule has 1 N–H and O–H groups in total. The van der Waals surface area contributed by atoms with Gasteiger partial charge in [-0.2, -0.15) is 5.10 Å². The van der Waals surface area contributed by atoms with E-state index in [1.54, 1.807) is 6.20 Å². The summed E-state index contributed by atoms with van der Waals surface area (Å²) >= 11 is 0. The second-order valence-corrected chi connectivity index (χ2v) is 9.10. The van der Waals surface area contributed by atoms with Crippen molar-refractivity contribution in [3.63, 3.8) is 0 Å². The third-order valence-electron chi connectivity index (χ3n) is 6.75. The Bertz CT molecular complexity index is 1350. The van der Waals surface area contributed by atoms with Gasteiger partial charge in [0.2, 0.25) is 0 Å². The van der Waals surface area contributed by atoms with Gasteiger partial charge in [-0.25, -0.2) is 14.5 Å². The predicted molar refractivity (Wildman–Crippen MR) is 152 cm³/mol. The van der Waals surface area contributed by atoms with E-state index in [0.717, 1.165) is 47.2 Å².